The van der Waals surface area contributed by atoms with Crippen LogP contribution in [0.4, 0.5) is 0 Å². The summed E-state index contributed by atoms with van der Waals surface area (Å²) in [6.45, 7) is 4.87. The molecule has 0 aromatic carbocycles. The van der Waals surface area contributed by atoms with Crippen LogP contribution in [0.1, 0.15) is 51.4 Å². The van der Waals surface area contributed by atoms with Gasteiger partial charge in [-0.2, -0.15) is 0 Å². The third-order valence-corrected chi connectivity index (χ3v) is 8.01. The molecule has 110 valence electrons. The lowest BCUT2D eigenvalue weighted by atomic mass is 9.71. The topological polar surface area (TPSA) is 9.23 Å². The molecule has 2 heteroatoms. The van der Waals surface area contributed by atoms with Gasteiger partial charge in [0.2, 0.25) is 0 Å². The second-order valence-electron chi connectivity index (χ2n) is 6.88. The van der Waals surface area contributed by atoms with Crippen LogP contribution in [0, 0.1) is 17.8 Å². The van der Waals surface area contributed by atoms with Crippen molar-refractivity contribution in [2.45, 2.75) is 63.0 Å². The van der Waals surface area contributed by atoms with Gasteiger partial charge < -0.3 is 4.74 Å². The van der Waals surface area contributed by atoms with Crippen molar-refractivity contribution in [2.75, 3.05) is 13.7 Å². The quantitative estimate of drug-likeness (QED) is 0.523. The monoisotopic (exact) mass is 280 g/mol. The molecule has 0 amide bonds. The smallest absolute Gasteiger partial charge is 0.0490 e. The van der Waals surface area contributed by atoms with E-state index in [-0.39, 0.29) is 9.52 Å². The van der Waals surface area contributed by atoms with Crippen LogP contribution < -0.4 is 0 Å². The molecular formula is C17H32OSi. The van der Waals surface area contributed by atoms with E-state index in [2.05, 4.69) is 12.7 Å². The van der Waals surface area contributed by atoms with Gasteiger partial charge in [-0.3, -0.25) is 0 Å². The Balaban J connectivity index is 1.66. The highest BCUT2D eigenvalue weighted by Gasteiger charge is 2.30. The lowest BCUT2D eigenvalue weighted by Gasteiger charge is -2.37. The van der Waals surface area contributed by atoms with E-state index in [0.29, 0.717) is 0 Å². The molecule has 0 aromatic heterocycles. The standard InChI is InChI=1S/C17H32OSi/c1-3-12-19-17-10-8-16(9-11-17)15-6-4-14(5-7-15)13-18-2/h3,14-17H,1,4-13,19H2,2H3/t14-,15-,16-,17-. The maximum Gasteiger partial charge on any atom is 0.0490 e. The molecule has 0 radical (unpaired) electrons. The van der Waals surface area contributed by atoms with Crippen LogP contribution in [0.15, 0.2) is 12.7 Å². The van der Waals surface area contributed by atoms with Crippen molar-refractivity contribution >= 4 is 9.52 Å². The van der Waals surface area contributed by atoms with E-state index in [9.17, 15) is 0 Å². The number of rotatable bonds is 6. The average Bonchev–Trinajstić information content (AvgIpc) is 2.47. The summed E-state index contributed by atoms with van der Waals surface area (Å²) in [5.41, 5.74) is 1.14. The summed E-state index contributed by atoms with van der Waals surface area (Å²) >= 11 is 0. The van der Waals surface area contributed by atoms with E-state index < -0.39 is 0 Å². The number of hydrogen-bond donors (Lipinski definition) is 0. The number of methoxy groups -OCH3 is 1. The van der Waals surface area contributed by atoms with Crippen molar-refractivity contribution in [1.82, 2.24) is 0 Å². The fraction of sp³-hybridized carbons (Fsp3) is 0.882. The van der Waals surface area contributed by atoms with Gasteiger partial charge >= 0.3 is 0 Å². The molecule has 0 atom stereocenters. The number of allylic oxidation sites excluding steroid dienone is 1. The Morgan fingerprint density at radius 2 is 1.58 bits per heavy atom. The van der Waals surface area contributed by atoms with Crippen LogP contribution in [-0.4, -0.2) is 23.2 Å². The molecule has 0 heterocycles. The first-order chi connectivity index (χ1) is 9.33. The predicted molar refractivity (Wildman–Crippen MR) is 86.6 cm³/mol. The first-order valence-electron chi connectivity index (χ1n) is 8.43. The maximum absolute atomic E-state index is 5.31. The van der Waals surface area contributed by atoms with E-state index >= 15 is 0 Å². The molecule has 0 saturated heterocycles. The van der Waals surface area contributed by atoms with Gasteiger partial charge in [-0.25, -0.2) is 0 Å². The Hall–Kier alpha value is -0.0831. The maximum atomic E-state index is 5.31. The van der Waals surface area contributed by atoms with Gasteiger partial charge in [-0.15, -0.1) is 6.58 Å². The SMILES string of the molecule is C=CC[SiH2][C@H]1CC[C@H]([C@H]2CC[C@H](COC)CC2)CC1. The minimum absolute atomic E-state index is 0.164. The van der Waals surface area contributed by atoms with E-state index in [0.717, 1.165) is 29.9 Å². The molecule has 2 fully saturated rings. The Morgan fingerprint density at radius 1 is 1.00 bits per heavy atom. The summed E-state index contributed by atoms with van der Waals surface area (Å²) in [6.07, 6.45) is 14.1. The molecule has 0 N–H and O–H groups in total. The summed E-state index contributed by atoms with van der Waals surface area (Å²) in [5, 5.41) is 0. The molecule has 2 aliphatic rings. The molecule has 0 aliphatic heterocycles. The minimum Gasteiger partial charge on any atom is -0.384 e. The zero-order valence-electron chi connectivity index (χ0n) is 12.8. The third kappa shape index (κ3) is 4.75. The van der Waals surface area contributed by atoms with Crippen LogP contribution in [-0.2, 0) is 4.74 Å². The highest BCUT2D eigenvalue weighted by molar-refractivity contribution is 6.38. The van der Waals surface area contributed by atoms with Crippen molar-refractivity contribution < 1.29 is 4.74 Å². The second-order valence-corrected chi connectivity index (χ2v) is 9.19. The Labute approximate surface area is 122 Å². The van der Waals surface area contributed by atoms with Crippen molar-refractivity contribution in [3.63, 3.8) is 0 Å². The van der Waals surface area contributed by atoms with Gasteiger partial charge in [0.05, 0.1) is 0 Å². The highest BCUT2D eigenvalue weighted by Crippen LogP contribution is 2.42. The molecule has 0 bridgehead atoms. The molecule has 2 rings (SSSR count). The lowest BCUT2D eigenvalue weighted by Crippen LogP contribution is -2.26. The molecular weight excluding hydrogens is 248 g/mol. The lowest BCUT2D eigenvalue weighted by molar-refractivity contribution is 0.0985. The van der Waals surface area contributed by atoms with Crippen molar-refractivity contribution in [3.05, 3.63) is 12.7 Å². The number of ether oxygens (including phenoxy) is 1. The molecule has 0 spiro atoms. The van der Waals surface area contributed by atoms with Gasteiger partial charge in [0.25, 0.3) is 0 Å². The van der Waals surface area contributed by atoms with E-state index in [1.165, 1.54) is 44.6 Å². The molecule has 2 saturated carbocycles. The van der Waals surface area contributed by atoms with Crippen LogP contribution >= 0.6 is 0 Å². The van der Waals surface area contributed by atoms with Gasteiger partial charge in [0, 0.05) is 23.2 Å². The second kappa shape index (κ2) is 8.26. The third-order valence-electron chi connectivity index (χ3n) is 5.63. The van der Waals surface area contributed by atoms with Crippen LogP contribution in [0.25, 0.3) is 0 Å². The largest absolute Gasteiger partial charge is 0.384 e. The fourth-order valence-electron chi connectivity index (χ4n) is 4.36. The molecule has 2 aliphatic carbocycles. The van der Waals surface area contributed by atoms with E-state index in [4.69, 9.17) is 4.74 Å². The van der Waals surface area contributed by atoms with Crippen LogP contribution in [0.2, 0.25) is 11.6 Å². The summed E-state index contributed by atoms with van der Waals surface area (Å²) in [5.74, 6) is 2.98. The van der Waals surface area contributed by atoms with Gasteiger partial charge in [-0.05, 0) is 49.5 Å². The van der Waals surface area contributed by atoms with Gasteiger partial charge in [0.15, 0.2) is 0 Å². The van der Waals surface area contributed by atoms with Crippen molar-refractivity contribution in [2.24, 2.45) is 17.8 Å². The number of hydrogen-bond acceptors (Lipinski definition) is 1. The predicted octanol–water partition coefficient (Wildman–Crippen LogP) is 4.19. The zero-order valence-corrected chi connectivity index (χ0v) is 14.2. The minimum atomic E-state index is 0.164. The Morgan fingerprint density at radius 3 is 2.11 bits per heavy atom. The molecule has 19 heavy (non-hydrogen) atoms. The first-order valence-corrected chi connectivity index (χ1v) is 10.2. The summed E-state index contributed by atoms with van der Waals surface area (Å²) in [7, 11) is 2.01. The zero-order chi connectivity index (χ0) is 13.5. The van der Waals surface area contributed by atoms with Crippen molar-refractivity contribution in [3.8, 4) is 0 Å². The molecule has 0 aromatic rings. The summed E-state index contributed by atoms with van der Waals surface area (Å²) < 4.78 is 5.31. The van der Waals surface area contributed by atoms with Crippen molar-refractivity contribution in [1.29, 1.82) is 0 Å². The van der Waals surface area contributed by atoms with E-state index in [1.807, 2.05) is 7.11 Å². The molecule has 1 nitrogen and oxygen atoms in total. The summed E-state index contributed by atoms with van der Waals surface area (Å²) in [6, 6.07) is 1.36. The first kappa shape index (κ1) is 15.3. The Bertz CT molecular complexity index is 250. The van der Waals surface area contributed by atoms with Gasteiger partial charge in [-0.1, -0.05) is 37.3 Å². The normalized spacial score (nSPS) is 36.7. The Kier molecular flexibility index (Phi) is 6.65. The molecule has 0 unspecified atom stereocenters. The van der Waals surface area contributed by atoms with Crippen LogP contribution in [0.3, 0.4) is 0 Å². The summed E-state index contributed by atoms with van der Waals surface area (Å²) in [4.78, 5) is 0. The fourth-order valence-corrected chi connectivity index (χ4v) is 6.12. The highest BCUT2D eigenvalue weighted by atomic mass is 28.2. The van der Waals surface area contributed by atoms with Gasteiger partial charge in [0.1, 0.15) is 0 Å². The van der Waals surface area contributed by atoms with Crippen LogP contribution in [0.5, 0.6) is 0 Å². The average molecular weight is 281 g/mol. The van der Waals surface area contributed by atoms with E-state index in [1.54, 1.807) is 12.8 Å².